The maximum absolute atomic E-state index is 13.2. The van der Waals surface area contributed by atoms with Crippen molar-refractivity contribution in [2.24, 2.45) is 5.41 Å². The third-order valence-electron chi connectivity index (χ3n) is 5.21. The lowest BCUT2D eigenvalue weighted by molar-refractivity contribution is -0.157. The van der Waals surface area contributed by atoms with Crippen molar-refractivity contribution in [3.05, 3.63) is 103 Å². The molecule has 6 nitrogen and oxygen atoms in total. The summed E-state index contributed by atoms with van der Waals surface area (Å²) in [5.74, 6) is -0.894. The maximum atomic E-state index is 13.2. The summed E-state index contributed by atoms with van der Waals surface area (Å²) in [5, 5.41) is 0. The molecule has 4 rings (SSSR count). The number of anilines is 2. The van der Waals surface area contributed by atoms with Crippen LogP contribution in [0.2, 0.25) is 0 Å². The maximum Gasteiger partial charge on any atom is 0.333 e. The van der Waals surface area contributed by atoms with Gasteiger partial charge in [-0.15, -0.1) is 0 Å². The summed E-state index contributed by atoms with van der Waals surface area (Å²) >= 11 is 0. The van der Waals surface area contributed by atoms with E-state index in [1.54, 1.807) is 60.7 Å². The Bertz CT molecular complexity index is 1120. The molecular weight excluding hydrogens is 404 g/mol. The van der Waals surface area contributed by atoms with E-state index in [4.69, 9.17) is 20.9 Å². The molecule has 0 saturated carbocycles. The van der Waals surface area contributed by atoms with Crippen molar-refractivity contribution < 1.29 is 19.1 Å². The number of carbonyl (C=O) groups is 2. The van der Waals surface area contributed by atoms with Crippen molar-refractivity contribution in [2.75, 3.05) is 11.5 Å². The molecule has 0 bridgehead atoms. The summed E-state index contributed by atoms with van der Waals surface area (Å²) in [6.45, 7) is 0. The molecule has 0 heterocycles. The van der Waals surface area contributed by atoms with Crippen LogP contribution in [0.4, 0.5) is 11.4 Å². The zero-order valence-electron chi connectivity index (χ0n) is 17.2. The van der Waals surface area contributed by atoms with Crippen LogP contribution < -0.4 is 20.9 Å². The van der Waals surface area contributed by atoms with Crippen LogP contribution >= 0.6 is 0 Å². The first-order chi connectivity index (χ1) is 15.5. The minimum absolute atomic E-state index is 0.0926. The fraction of sp³-hybridized carbons (Fsp3) is 0.0769. The second kappa shape index (κ2) is 8.81. The van der Waals surface area contributed by atoms with Gasteiger partial charge in [-0.1, -0.05) is 48.6 Å². The molecule has 0 aromatic heterocycles. The Balaban J connectivity index is 1.63. The Hall–Kier alpha value is -4.32. The van der Waals surface area contributed by atoms with Crippen LogP contribution in [0, 0.1) is 5.41 Å². The van der Waals surface area contributed by atoms with Gasteiger partial charge in [-0.05, 0) is 66.1 Å². The van der Waals surface area contributed by atoms with Gasteiger partial charge in [-0.3, -0.25) is 9.59 Å². The van der Waals surface area contributed by atoms with Crippen molar-refractivity contribution in [2.45, 2.75) is 6.42 Å². The lowest BCUT2D eigenvalue weighted by atomic mass is 9.79. The van der Waals surface area contributed by atoms with Crippen molar-refractivity contribution in [1.29, 1.82) is 0 Å². The molecule has 32 heavy (non-hydrogen) atoms. The van der Waals surface area contributed by atoms with Crippen LogP contribution in [0.1, 0.15) is 12.0 Å². The smallest absolute Gasteiger partial charge is 0.333 e. The molecule has 4 N–H and O–H groups in total. The van der Waals surface area contributed by atoms with Gasteiger partial charge in [0.15, 0.2) is 5.41 Å². The molecule has 3 aromatic carbocycles. The number of hydrogen-bond donors (Lipinski definition) is 2. The Kier molecular flexibility index (Phi) is 5.77. The van der Waals surface area contributed by atoms with Crippen LogP contribution in [0.25, 0.3) is 5.57 Å². The normalized spacial score (nSPS) is 14.3. The molecule has 0 saturated heterocycles. The van der Waals surface area contributed by atoms with Gasteiger partial charge in [0.2, 0.25) is 0 Å². The largest absolute Gasteiger partial charge is 0.425 e. The highest BCUT2D eigenvalue weighted by Crippen LogP contribution is 2.37. The summed E-state index contributed by atoms with van der Waals surface area (Å²) in [4.78, 5) is 26.5. The number of benzene rings is 3. The zero-order chi connectivity index (χ0) is 22.6. The van der Waals surface area contributed by atoms with Crippen LogP contribution in [-0.4, -0.2) is 11.9 Å². The molecule has 0 atom stereocenters. The first kappa shape index (κ1) is 20.9. The van der Waals surface area contributed by atoms with Gasteiger partial charge >= 0.3 is 11.9 Å². The number of allylic oxidation sites excluding steroid dienone is 3. The van der Waals surface area contributed by atoms with E-state index in [9.17, 15) is 9.59 Å². The van der Waals surface area contributed by atoms with Crippen molar-refractivity contribution in [1.82, 2.24) is 0 Å². The van der Waals surface area contributed by atoms with Gasteiger partial charge in [0.1, 0.15) is 11.5 Å². The summed E-state index contributed by atoms with van der Waals surface area (Å²) in [6.07, 6.45) is 5.22. The first-order valence-corrected chi connectivity index (χ1v) is 10.1. The standard InChI is InChI=1S/C26H22N2O4/c27-20-6-10-22(11-7-20)31-24(29)26(25(30)32-23-12-8-21(28)9-13-23)16-14-19(15-17-26)18-4-2-1-3-5-18/h1-16H,17,27-28H2. The second-order valence-electron chi connectivity index (χ2n) is 7.45. The quantitative estimate of drug-likeness (QED) is 0.271. The molecule has 0 radical (unpaired) electrons. The van der Waals surface area contributed by atoms with Gasteiger partial charge < -0.3 is 20.9 Å². The summed E-state index contributed by atoms with van der Waals surface area (Å²) in [5.41, 5.74) is 12.7. The minimum Gasteiger partial charge on any atom is -0.425 e. The van der Waals surface area contributed by atoms with Crippen molar-refractivity contribution in [3.8, 4) is 11.5 Å². The van der Waals surface area contributed by atoms with E-state index in [0.717, 1.165) is 11.1 Å². The predicted molar refractivity (Wildman–Crippen MR) is 124 cm³/mol. The average molecular weight is 426 g/mol. The molecule has 6 heteroatoms. The number of hydrogen-bond acceptors (Lipinski definition) is 6. The lowest BCUT2D eigenvalue weighted by Gasteiger charge is -2.28. The third-order valence-corrected chi connectivity index (χ3v) is 5.21. The highest BCUT2D eigenvalue weighted by Gasteiger charge is 2.48. The minimum atomic E-state index is -1.64. The molecular formula is C26H22N2O4. The van der Waals surface area contributed by atoms with Crippen LogP contribution in [0.5, 0.6) is 11.5 Å². The molecule has 0 aliphatic heterocycles. The van der Waals surface area contributed by atoms with Gasteiger partial charge in [0.05, 0.1) is 0 Å². The average Bonchev–Trinajstić information content (AvgIpc) is 2.82. The van der Waals surface area contributed by atoms with Gasteiger partial charge in [-0.2, -0.15) is 0 Å². The number of carbonyl (C=O) groups excluding carboxylic acids is 2. The van der Waals surface area contributed by atoms with E-state index in [-0.39, 0.29) is 17.9 Å². The second-order valence-corrected chi connectivity index (χ2v) is 7.45. The summed E-state index contributed by atoms with van der Waals surface area (Å²) in [6, 6.07) is 22.5. The van der Waals surface area contributed by atoms with Crippen LogP contribution in [-0.2, 0) is 9.59 Å². The Morgan fingerprint density at radius 3 is 1.66 bits per heavy atom. The molecule has 0 unspecified atom stereocenters. The molecule has 0 spiro atoms. The Morgan fingerprint density at radius 2 is 1.22 bits per heavy atom. The zero-order valence-corrected chi connectivity index (χ0v) is 17.2. The van der Waals surface area contributed by atoms with Crippen molar-refractivity contribution >= 4 is 28.9 Å². The van der Waals surface area contributed by atoms with E-state index in [0.29, 0.717) is 11.4 Å². The summed E-state index contributed by atoms with van der Waals surface area (Å²) < 4.78 is 11.1. The number of nitrogens with two attached hydrogens (primary N) is 2. The predicted octanol–water partition coefficient (Wildman–Crippen LogP) is 4.39. The van der Waals surface area contributed by atoms with E-state index < -0.39 is 17.4 Å². The molecule has 0 amide bonds. The van der Waals surface area contributed by atoms with Crippen LogP contribution in [0.15, 0.2) is 97.1 Å². The van der Waals surface area contributed by atoms with Crippen molar-refractivity contribution in [3.63, 3.8) is 0 Å². The monoisotopic (exact) mass is 426 g/mol. The number of esters is 2. The van der Waals surface area contributed by atoms with E-state index >= 15 is 0 Å². The number of nitrogen functional groups attached to an aromatic ring is 2. The number of ether oxygens (including phenoxy) is 2. The lowest BCUT2D eigenvalue weighted by Crippen LogP contribution is -2.43. The molecule has 1 aliphatic carbocycles. The fourth-order valence-electron chi connectivity index (χ4n) is 3.34. The topological polar surface area (TPSA) is 105 Å². The number of rotatable bonds is 5. The molecule has 1 aliphatic rings. The molecule has 160 valence electrons. The highest BCUT2D eigenvalue weighted by molar-refractivity contribution is 6.05. The van der Waals surface area contributed by atoms with E-state index in [1.165, 1.54) is 0 Å². The Labute approximate surface area is 185 Å². The summed E-state index contributed by atoms with van der Waals surface area (Å²) in [7, 11) is 0. The molecule has 0 fully saturated rings. The van der Waals surface area contributed by atoms with E-state index in [1.807, 2.05) is 36.4 Å². The van der Waals surface area contributed by atoms with Gasteiger partial charge in [0.25, 0.3) is 0 Å². The fourth-order valence-corrected chi connectivity index (χ4v) is 3.34. The van der Waals surface area contributed by atoms with Gasteiger partial charge in [-0.25, -0.2) is 0 Å². The highest BCUT2D eigenvalue weighted by atomic mass is 16.6. The van der Waals surface area contributed by atoms with Gasteiger partial charge in [0, 0.05) is 11.4 Å². The third kappa shape index (κ3) is 4.39. The Morgan fingerprint density at radius 1 is 0.719 bits per heavy atom. The van der Waals surface area contributed by atoms with E-state index in [2.05, 4.69) is 0 Å². The molecule has 3 aromatic rings. The first-order valence-electron chi connectivity index (χ1n) is 10.1. The SMILES string of the molecule is Nc1ccc(OC(=O)C2(C(=O)Oc3ccc(N)cc3)C=CC(c3ccccc3)=CC2)cc1. The van der Waals surface area contributed by atoms with Crippen LogP contribution in [0.3, 0.4) is 0 Å².